The molecule has 1 fully saturated rings. The number of aliphatic carboxylic acids is 2. The standard InChI is InChI=1S/C15H22BrNO.C2H2O4/c1-13-6-4-9-17(12-13)10-5-11-18-15-8-3-2-7-14(15)16;3-1(4)2(5)6/h2-3,7-8,13H,4-6,9-12H2,1H3;(H,3,4)(H,5,6). The monoisotopic (exact) mass is 401 g/mol. The highest BCUT2D eigenvalue weighted by Gasteiger charge is 2.15. The van der Waals surface area contributed by atoms with Gasteiger partial charge < -0.3 is 19.8 Å². The quantitative estimate of drug-likeness (QED) is 0.582. The van der Waals surface area contributed by atoms with Crippen LogP contribution in [0.25, 0.3) is 0 Å². The minimum Gasteiger partial charge on any atom is -0.492 e. The number of rotatable bonds is 5. The molecule has 2 N–H and O–H groups in total. The molecule has 1 aliphatic heterocycles. The number of likely N-dealkylation sites (tertiary alicyclic amines) is 1. The number of benzene rings is 1. The van der Waals surface area contributed by atoms with Crippen molar-refractivity contribution in [3.63, 3.8) is 0 Å². The summed E-state index contributed by atoms with van der Waals surface area (Å²) in [5.74, 6) is -1.84. The van der Waals surface area contributed by atoms with Crippen molar-refractivity contribution in [1.29, 1.82) is 0 Å². The molecule has 0 saturated carbocycles. The van der Waals surface area contributed by atoms with Crippen molar-refractivity contribution < 1.29 is 24.5 Å². The van der Waals surface area contributed by atoms with E-state index in [1.54, 1.807) is 0 Å². The zero-order chi connectivity index (χ0) is 17.9. The summed E-state index contributed by atoms with van der Waals surface area (Å²) < 4.78 is 6.82. The maximum Gasteiger partial charge on any atom is 0.414 e. The number of hydrogen-bond acceptors (Lipinski definition) is 4. The highest BCUT2D eigenvalue weighted by Crippen LogP contribution is 2.23. The first-order valence-electron chi connectivity index (χ1n) is 7.96. The molecule has 1 aliphatic rings. The first kappa shape index (κ1) is 20.4. The van der Waals surface area contributed by atoms with E-state index in [2.05, 4.69) is 27.8 Å². The Kier molecular flexibility index (Phi) is 9.41. The fraction of sp³-hybridized carbons (Fsp3) is 0.529. The van der Waals surface area contributed by atoms with Crippen LogP contribution in [0.5, 0.6) is 5.75 Å². The van der Waals surface area contributed by atoms with Crippen molar-refractivity contribution in [2.24, 2.45) is 5.92 Å². The number of para-hydroxylation sites is 1. The maximum absolute atomic E-state index is 9.10. The molecule has 1 unspecified atom stereocenters. The lowest BCUT2D eigenvalue weighted by atomic mass is 10.0. The summed E-state index contributed by atoms with van der Waals surface area (Å²) in [5, 5.41) is 14.8. The van der Waals surface area contributed by atoms with Crippen molar-refractivity contribution in [3.05, 3.63) is 28.7 Å². The second-order valence-corrected chi connectivity index (χ2v) is 6.65. The van der Waals surface area contributed by atoms with Crippen LogP contribution >= 0.6 is 15.9 Å². The van der Waals surface area contributed by atoms with Gasteiger partial charge in [0, 0.05) is 13.1 Å². The second-order valence-electron chi connectivity index (χ2n) is 5.79. The summed E-state index contributed by atoms with van der Waals surface area (Å²) in [4.78, 5) is 20.8. The van der Waals surface area contributed by atoms with Crippen molar-refractivity contribution in [2.45, 2.75) is 26.2 Å². The van der Waals surface area contributed by atoms with Gasteiger partial charge in [0.05, 0.1) is 11.1 Å². The number of carboxylic acid groups (broad SMARTS) is 2. The van der Waals surface area contributed by atoms with Crippen LogP contribution in [0.1, 0.15) is 26.2 Å². The van der Waals surface area contributed by atoms with Crippen LogP contribution in [-0.2, 0) is 9.59 Å². The smallest absolute Gasteiger partial charge is 0.414 e. The molecule has 24 heavy (non-hydrogen) atoms. The molecule has 0 bridgehead atoms. The molecule has 1 atom stereocenters. The van der Waals surface area contributed by atoms with Crippen LogP contribution in [0, 0.1) is 5.92 Å². The Balaban J connectivity index is 0.000000413. The molecule has 134 valence electrons. The minimum atomic E-state index is -1.82. The van der Waals surface area contributed by atoms with Gasteiger partial charge in [-0.25, -0.2) is 9.59 Å². The third-order valence-corrected chi connectivity index (χ3v) is 4.29. The molecule has 1 aromatic carbocycles. The van der Waals surface area contributed by atoms with Crippen molar-refractivity contribution in [1.82, 2.24) is 4.90 Å². The Bertz CT molecular complexity index is 525. The molecular formula is C17H24BrNO5. The van der Waals surface area contributed by atoms with Crippen LogP contribution < -0.4 is 4.74 Å². The van der Waals surface area contributed by atoms with Crippen LogP contribution in [0.2, 0.25) is 0 Å². The van der Waals surface area contributed by atoms with Gasteiger partial charge in [0.2, 0.25) is 0 Å². The van der Waals surface area contributed by atoms with E-state index in [0.717, 1.165) is 35.7 Å². The molecule has 0 spiro atoms. The number of carboxylic acids is 2. The second kappa shape index (κ2) is 11.0. The Hall–Kier alpha value is -1.60. The van der Waals surface area contributed by atoms with E-state index in [1.165, 1.54) is 25.9 Å². The van der Waals surface area contributed by atoms with E-state index >= 15 is 0 Å². The number of piperidine rings is 1. The minimum absolute atomic E-state index is 0.799. The third-order valence-electron chi connectivity index (χ3n) is 3.64. The Labute approximate surface area is 150 Å². The average Bonchev–Trinajstić information content (AvgIpc) is 2.54. The molecule has 0 aromatic heterocycles. The van der Waals surface area contributed by atoms with Gasteiger partial charge in [0.25, 0.3) is 0 Å². The van der Waals surface area contributed by atoms with E-state index in [-0.39, 0.29) is 0 Å². The van der Waals surface area contributed by atoms with E-state index < -0.39 is 11.9 Å². The Morgan fingerprint density at radius 2 is 1.96 bits per heavy atom. The molecule has 2 rings (SSSR count). The molecule has 1 saturated heterocycles. The molecule has 0 amide bonds. The summed E-state index contributed by atoms with van der Waals surface area (Å²) >= 11 is 3.50. The molecule has 0 aliphatic carbocycles. The summed E-state index contributed by atoms with van der Waals surface area (Å²) in [5.41, 5.74) is 0. The number of hydrogen-bond donors (Lipinski definition) is 2. The molecule has 1 aromatic rings. The Morgan fingerprint density at radius 3 is 2.54 bits per heavy atom. The molecule has 7 heteroatoms. The van der Waals surface area contributed by atoms with Gasteiger partial charge in [0.1, 0.15) is 5.75 Å². The Morgan fingerprint density at radius 1 is 1.29 bits per heavy atom. The number of halogens is 1. The lowest BCUT2D eigenvalue weighted by Crippen LogP contribution is -2.35. The fourth-order valence-electron chi connectivity index (χ4n) is 2.52. The van der Waals surface area contributed by atoms with Gasteiger partial charge >= 0.3 is 11.9 Å². The zero-order valence-electron chi connectivity index (χ0n) is 13.8. The van der Waals surface area contributed by atoms with E-state index in [0.29, 0.717) is 0 Å². The number of nitrogens with zero attached hydrogens (tertiary/aromatic N) is 1. The third kappa shape index (κ3) is 8.31. The van der Waals surface area contributed by atoms with Gasteiger partial charge in [-0.05, 0) is 59.8 Å². The summed E-state index contributed by atoms with van der Waals surface area (Å²) in [6.45, 7) is 6.83. The largest absolute Gasteiger partial charge is 0.492 e. The lowest BCUT2D eigenvalue weighted by Gasteiger charge is -2.30. The highest BCUT2D eigenvalue weighted by atomic mass is 79.9. The molecule has 0 radical (unpaired) electrons. The van der Waals surface area contributed by atoms with E-state index in [4.69, 9.17) is 24.5 Å². The van der Waals surface area contributed by atoms with E-state index in [9.17, 15) is 0 Å². The van der Waals surface area contributed by atoms with Crippen LogP contribution in [-0.4, -0.2) is 53.3 Å². The van der Waals surface area contributed by atoms with Gasteiger partial charge in [-0.15, -0.1) is 0 Å². The number of ether oxygens (including phenoxy) is 1. The average molecular weight is 402 g/mol. The predicted molar refractivity (Wildman–Crippen MR) is 94.4 cm³/mol. The fourth-order valence-corrected chi connectivity index (χ4v) is 2.92. The highest BCUT2D eigenvalue weighted by molar-refractivity contribution is 9.10. The summed E-state index contributed by atoms with van der Waals surface area (Å²) in [6, 6.07) is 8.03. The summed E-state index contributed by atoms with van der Waals surface area (Å²) in [6.07, 6.45) is 3.85. The van der Waals surface area contributed by atoms with Crippen molar-refractivity contribution >= 4 is 27.9 Å². The van der Waals surface area contributed by atoms with Crippen LogP contribution in [0.4, 0.5) is 0 Å². The SMILES string of the molecule is CC1CCCN(CCCOc2ccccc2Br)C1.O=C(O)C(=O)O. The first-order valence-corrected chi connectivity index (χ1v) is 8.75. The molecule has 6 nitrogen and oxygen atoms in total. The zero-order valence-corrected chi connectivity index (χ0v) is 15.4. The maximum atomic E-state index is 9.10. The van der Waals surface area contributed by atoms with Crippen molar-refractivity contribution in [2.75, 3.05) is 26.2 Å². The molecule has 1 heterocycles. The number of carbonyl (C=O) groups is 2. The normalized spacial score (nSPS) is 17.5. The topological polar surface area (TPSA) is 87.1 Å². The predicted octanol–water partition coefficient (Wildman–Crippen LogP) is 3.11. The van der Waals surface area contributed by atoms with Gasteiger partial charge in [-0.1, -0.05) is 19.1 Å². The molecular weight excluding hydrogens is 378 g/mol. The first-order chi connectivity index (χ1) is 11.4. The summed E-state index contributed by atoms with van der Waals surface area (Å²) in [7, 11) is 0. The lowest BCUT2D eigenvalue weighted by molar-refractivity contribution is -0.159. The van der Waals surface area contributed by atoms with Crippen molar-refractivity contribution in [3.8, 4) is 5.75 Å². The van der Waals surface area contributed by atoms with E-state index in [1.807, 2.05) is 24.3 Å². The van der Waals surface area contributed by atoms with Crippen LogP contribution in [0.15, 0.2) is 28.7 Å². The van der Waals surface area contributed by atoms with Gasteiger partial charge in [0.15, 0.2) is 0 Å². The van der Waals surface area contributed by atoms with Gasteiger partial charge in [-0.2, -0.15) is 0 Å². The van der Waals surface area contributed by atoms with Gasteiger partial charge in [-0.3, -0.25) is 0 Å². The van der Waals surface area contributed by atoms with Crippen LogP contribution in [0.3, 0.4) is 0 Å².